The van der Waals surface area contributed by atoms with Gasteiger partial charge in [0.05, 0.1) is 11.6 Å². The maximum atomic E-state index is 11.1. The predicted molar refractivity (Wildman–Crippen MR) is 81.0 cm³/mol. The molecule has 1 aliphatic carbocycles. The lowest BCUT2D eigenvalue weighted by Gasteiger charge is -2.38. The second-order valence-corrected chi connectivity index (χ2v) is 6.11. The van der Waals surface area contributed by atoms with Crippen LogP contribution in [0.5, 0.6) is 0 Å². The van der Waals surface area contributed by atoms with Gasteiger partial charge in [-0.05, 0) is 42.0 Å². The van der Waals surface area contributed by atoms with Crippen LogP contribution in [-0.2, 0) is 19.3 Å². The molecule has 2 unspecified atom stereocenters. The molecular weight excluding hydrogens is 246 g/mol. The van der Waals surface area contributed by atoms with E-state index < -0.39 is 5.60 Å². The Kier molecular flexibility index (Phi) is 2.61. The van der Waals surface area contributed by atoms with Gasteiger partial charge in [0.2, 0.25) is 0 Å². The molecule has 0 radical (unpaired) electrons. The van der Waals surface area contributed by atoms with E-state index in [-0.39, 0.29) is 6.04 Å². The topological polar surface area (TPSA) is 32.3 Å². The van der Waals surface area contributed by atoms with Gasteiger partial charge in [0, 0.05) is 12.1 Å². The first-order valence-corrected chi connectivity index (χ1v) is 7.38. The standard InChI is InChI=1S/C18H19NO/c20-18(10-9-13-5-1-2-7-15(13)12-18)17-11-14-6-3-4-8-16(14)19-17/h1-8,17,19-20H,9-12H2. The molecule has 1 heterocycles. The van der Waals surface area contributed by atoms with Crippen molar-refractivity contribution in [1.29, 1.82) is 0 Å². The Morgan fingerprint density at radius 1 is 0.950 bits per heavy atom. The lowest BCUT2D eigenvalue weighted by Crippen LogP contribution is -2.50. The summed E-state index contributed by atoms with van der Waals surface area (Å²) in [6.07, 6.45) is 3.50. The maximum absolute atomic E-state index is 11.1. The average molecular weight is 265 g/mol. The molecule has 0 fully saturated rings. The summed E-state index contributed by atoms with van der Waals surface area (Å²) >= 11 is 0. The number of para-hydroxylation sites is 1. The Morgan fingerprint density at radius 2 is 1.65 bits per heavy atom. The Hall–Kier alpha value is -1.80. The normalized spacial score (nSPS) is 27.6. The highest BCUT2D eigenvalue weighted by molar-refractivity contribution is 5.57. The number of nitrogens with one attached hydrogen (secondary N) is 1. The van der Waals surface area contributed by atoms with Gasteiger partial charge in [0.25, 0.3) is 0 Å². The highest BCUT2D eigenvalue weighted by Crippen LogP contribution is 2.37. The van der Waals surface area contributed by atoms with Crippen molar-refractivity contribution in [2.24, 2.45) is 0 Å². The summed E-state index contributed by atoms with van der Waals surface area (Å²) in [7, 11) is 0. The van der Waals surface area contributed by atoms with Gasteiger partial charge in [0.1, 0.15) is 0 Å². The van der Waals surface area contributed by atoms with E-state index >= 15 is 0 Å². The molecule has 0 saturated heterocycles. The number of anilines is 1. The van der Waals surface area contributed by atoms with Gasteiger partial charge in [-0.25, -0.2) is 0 Å². The minimum absolute atomic E-state index is 0.133. The monoisotopic (exact) mass is 265 g/mol. The summed E-state index contributed by atoms with van der Waals surface area (Å²) in [5, 5.41) is 14.7. The lowest BCUT2D eigenvalue weighted by atomic mass is 9.75. The van der Waals surface area contributed by atoms with Crippen LogP contribution in [0.25, 0.3) is 0 Å². The minimum atomic E-state index is -0.632. The van der Waals surface area contributed by atoms with Crippen LogP contribution in [0, 0.1) is 0 Å². The Balaban J connectivity index is 1.61. The number of aliphatic hydroxyl groups is 1. The number of hydrogen-bond acceptors (Lipinski definition) is 2. The molecule has 2 atom stereocenters. The molecule has 0 saturated carbocycles. The predicted octanol–water partition coefficient (Wildman–Crippen LogP) is 2.94. The highest BCUT2D eigenvalue weighted by Gasteiger charge is 2.42. The molecule has 0 bridgehead atoms. The maximum Gasteiger partial charge on any atom is 0.0894 e. The largest absolute Gasteiger partial charge is 0.387 e. The van der Waals surface area contributed by atoms with Crippen LogP contribution in [0.3, 0.4) is 0 Å². The third-order valence-electron chi connectivity index (χ3n) is 4.86. The molecule has 20 heavy (non-hydrogen) atoms. The summed E-state index contributed by atoms with van der Waals surface area (Å²) < 4.78 is 0. The van der Waals surface area contributed by atoms with Crippen LogP contribution in [0.15, 0.2) is 48.5 Å². The summed E-state index contributed by atoms with van der Waals surface area (Å²) in [5.74, 6) is 0. The first kappa shape index (κ1) is 12.0. The molecule has 0 spiro atoms. The number of fused-ring (bicyclic) bond motifs is 2. The van der Waals surface area contributed by atoms with E-state index in [9.17, 15) is 5.11 Å². The number of hydrogen-bond donors (Lipinski definition) is 2. The van der Waals surface area contributed by atoms with E-state index in [2.05, 4.69) is 53.8 Å². The molecule has 2 N–H and O–H groups in total. The van der Waals surface area contributed by atoms with Gasteiger partial charge < -0.3 is 10.4 Å². The van der Waals surface area contributed by atoms with Crippen molar-refractivity contribution >= 4 is 5.69 Å². The third-order valence-corrected chi connectivity index (χ3v) is 4.86. The molecule has 2 nitrogen and oxygen atoms in total. The average Bonchev–Trinajstić information content (AvgIpc) is 2.92. The first-order valence-electron chi connectivity index (χ1n) is 7.38. The zero-order chi connectivity index (χ0) is 13.6. The van der Waals surface area contributed by atoms with E-state index in [0.29, 0.717) is 0 Å². The fourth-order valence-electron chi connectivity index (χ4n) is 3.66. The zero-order valence-electron chi connectivity index (χ0n) is 11.5. The van der Waals surface area contributed by atoms with Gasteiger partial charge in [-0.3, -0.25) is 0 Å². The third kappa shape index (κ3) is 1.83. The molecule has 2 aromatic rings. The van der Waals surface area contributed by atoms with Crippen LogP contribution in [0.2, 0.25) is 0 Å². The van der Waals surface area contributed by atoms with Crippen LogP contribution >= 0.6 is 0 Å². The van der Waals surface area contributed by atoms with E-state index in [1.54, 1.807) is 0 Å². The van der Waals surface area contributed by atoms with Crippen molar-refractivity contribution in [3.8, 4) is 0 Å². The second kappa shape index (κ2) is 4.35. The van der Waals surface area contributed by atoms with E-state index in [1.807, 2.05) is 0 Å². The Labute approximate surface area is 119 Å². The summed E-state index contributed by atoms with van der Waals surface area (Å²) in [5.41, 5.74) is 4.58. The fourth-order valence-corrected chi connectivity index (χ4v) is 3.66. The van der Waals surface area contributed by atoms with Crippen molar-refractivity contribution in [3.05, 3.63) is 65.2 Å². The molecule has 2 heteroatoms. The van der Waals surface area contributed by atoms with Crippen LogP contribution in [0.1, 0.15) is 23.1 Å². The molecule has 2 aromatic carbocycles. The van der Waals surface area contributed by atoms with Crippen molar-refractivity contribution in [2.45, 2.75) is 37.3 Å². The summed E-state index contributed by atoms with van der Waals surface area (Å²) in [6.45, 7) is 0. The van der Waals surface area contributed by atoms with Gasteiger partial charge in [-0.15, -0.1) is 0 Å². The van der Waals surface area contributed by atoms with Crippen LogP contribution < -0.4 is 5.32 Å². The van der Waals surface area contributed by atoms with Crippen LogP contribution in [-0.4, -0.2) is 16.7 Å². The van der Waals surface area contributed by atoms with Gasteiger partial charge >= 0.3 is 0 Å². The second-order valence-electron chi connectivity index (χ2n) is 6.11. The quantitative estimate of drug-likeness (QED) is 0.831. The summed E-state index contributed by atoms with van der Waals surface area (Å²) in [4.78, 5) is 0. The molecule has 0 amide bonds. The smallest absolute Gasteiger partial charge is 0.0894 e. The SMILES string of the molecule is OC1(C2Cc3ccccc3N2)CCc2ccccc2C1. The Bertz CT molecular complexity index is 626. The molecule has 102 valence electrons. The lowest BCUT2D eigenvalue weighted by molar-refractivity contribution is 0.00936. The number of rotatable bonds is 1. The number of aryl methyl sites for hydroxylation is 1. The molecule has 1 aliphatic heterocycles. The molecular formula is C18H19NO. The zero-order valence-corrected chi connectivity index (χ0v) is 11.5. The van der Waals surface area contributed by atoms with Crippen molar-refractivity contribution in [1.82, 2.24) is 0 Å². The first-order chi connectivity index (χ1) is 9.74. The fraction of sp³-hybridized carbons (Fsp3) is 0.333. The van der Waals surface area contributed by atoms with E-state index in [4.69, 9.17) is 0 Å². The molecule has 0 aromatic heterocycles. The number of benzene rings is 2. The van der Waals surface area contributed by atoms with E-state index in [1.165, 1.54) is 22.4 Å². The van der Waals surface area contributed by atoms with Crippen molar-refractivity contribution < 1.29 is 5.11 Å². The van der Waals surface area contributed by atoms with Crippen molar-refractivity contribution in [3.63, 3.8) is 0 Å². The highest BCUT2D eigenvalue weighted by atomic mass is 16.3. The van der Waals surface area contributed by atoms with Gasteiger partial charge in [-0.2, -0.15) is 0 Å². The molecule has 2 aliphatic rings. The molecule has 4 rings (SSSR count). The van der Waals surface area contributed by atoms with Gasteiger partial charge in [0.15, 0.2) is 0 Å². The summed E-state index contributed by atoms with van der Waals surface area (Å²) in [6, 6.07) is 17.0. The minimum Gasteiger partial charge on any atom is -0.387 e. The Morgan fingerprint density at radius 3 is 2.45 bits per heavy atom. The van der Waals surface area contributed by atoms with Crippen LogP contribution in [0.4, 0.5) is 5.69 Å². The van der Waals surface area contributed by atoms with Crippen molar-refractivity contribution in [2.75, 3.05) is 5.32 Å². The van der Waals surface area contributed by atoms with Gasteiger partial charge in [-0.1, -0.05) is 42.5 Å². The van der Waals surface area contributed by atoms with E-state index in [0.717, 1.165) is 25.7 Å².